The van der Waals surface area contributed by atoms with Crippen molar-refractivity contribution in [1.82, 2.24) is 0 Å². The average Bonchev–Trinajstić information content (AvgIpc) is 2.54. The predicted octanol–water partition coefficient (Wildman–Crippen LogP) is 1.51. The lowest BCUT2D eigenvalue weighted by molar-refractivity contribution is 0.00920. The molecule has 0 bridgehead atoms. The highest BCUT2D eigenvalue weighted by Crippen LogP contribution is 2.27. The zero-order valence-corrected chi connectivity index (χ0v) is 14.6. The Morgan fingerprint density at radius 1 is 1.00 bits per heavy atom. The first kappa shape index (κ1) is 20.5. The third-order valence-electron chi connectivity index (χ3n) is 2.91. The Balaban J connectivity index is 2.11. The number of nitrogens with one attached hydrogen (secondary N) is 1. The molecular weight excluding hydrogens is 312 g/mol. The number of nitrogens with two attached hydrogens (primary N) is 1. The minimum atomic E-state index is 0.0358. The fraction of sp³-hybridized carbons (Fsp3) is 0.647. The second-order valence-electron chi connectivity index (χ2n) is 5.41. The summed E-state index contributed by atoms with van der Waals surface area (Å²) in [5, 5.41) is 11.8. The van der Waals surface area contributed by atoms with Crippen LogP contribution in [0, 0.1) is 0 Å². The molecule has 0 amide bonds. The molecule has 7 heteroatoms. The van der Waals surface area contributed by atoms with Gasteiger partial charge in [-0.1, -0.05) is 0 Å². The molecule has 7 nitrogen and oxygen atoms in total. The van der Waals surface area contributed by atoms with Crippen molar-refractivity contribution < 1.29 is 24.1 Å². The highest BCUT2D eigenvalue weighted by atomic mass is 16.5. The molecule has 0 spiro atoms. The van der Waals surface area contributed by atoms with Crippen LogP contribution < -0.4 is 15.8 Å². The van der Waals surface area contributed by atoms with E-state index in [1.165, 1.54) is 0 Å². The van der Waals surface area contributed by atoms with Crippen molar-refractivity contribution >= 4 is 11.4 Å². The highest BCUT2D eigenvalue weighted by molar-refractivity contribution is 5.62. The molecule has 4 N–H and O–H groups in total. The van der Waals surface area contributed by atoms with Gasteiger partial charge < -0.3 is 35.1 Å². The van der Waals surface area contributed by atoms with Gasteiger partial charge in [-0.2, -0.15) is 0 Å². The summed E-state index contributed by atoms with van der Waals surface area (Å²) >= 11 is 0. The number of aliphatic hydroxyl groups is 1. The molecule has 0 saturated heterocycles. The maximum atomic E-state index is 8.54. The van der Waals surface area contributed by atoms with Crippen LogP contribution >= 0.6 is 0 Å². The molecule has 1 aromatic carbocycles. The number of aliphatic hydroxyl groups excluding tert-OH is 1. The van der Waals surface area contributed by atoms with E-state index in [2.05, 4.69) is 5.32 Å². The monoisotopic (exact) mass is 342 g/mol. The van der Waals surface area contributed by atoms with Crippen LogP contribution in [0.2, 0.25) is 0 Å². The van der Waals surface area contributed by atoms with Crippen LogP contribution in [-0.4, -0.2) is 64.0 Å². The molecule has 24 heavy (non-hydrogen) atoms. The van der Waals surface area contributed by atoms with Crippen LogP contribution in [0.5, 0.6) is 5.75 Å². The maximum absolute atomic E-state index is 8.54. The maximum Gasteiger partial charge on any atom is 0.144 e. The summed E-state index contributed by atoms with van der Waals surface area (Å²) in [7, 11) is 0. The van der Waals surface area contributed by atoms with E-state index in [-0.39, 0.29) is 12.7 Å². The second-order valence-corrected chi connectivity index (χ2v) is 5.41. The van der Waals surface area contributed by atoms with E-state index in [0.717, 1.165) is 11.4 Å². The Bertz CT molecular complexity index is 443. The summed E-state index contributed by atoms with van der Waals surface area (Å²) in [5.41, 5.74) is 7.37. The van der Waals surface area contributed by atoms with E-state index < -0.39 is 0 Å². The fourth-order valence-electron chi connectivity index (χ4n) is 1.90. The standard InChI is InChI=1S/C17H30N2O5/c1-14(2)24-17-13-15(18)3-4-16(17)19-5-7-21-9-11-23-12-10-22-8-6-20/h3-4,13-14,19-20H,5-12,18H2,1-2H3. The van der Waals surface area contributed by atoms with Gasteiger partial charge in [0.2, 0.25) is 0 Å². The lowest BCUT2D eigenvalue weighted by Gasteiger charge is -2.16. The molecule has 0 unspecified atom stereocenters. The summed E-state index contributed by atoms with van der Waals surface area (Å²) in [5.74, 6) is 0.746. The average molecular weight is 342 g/mol. The van der Waals surface area contributed by atoms with Gasteiger partial charge in [0.15, 0.2) is 0 Å². The highest BCUT2D eigenvalue weighted by Gasteiger charge is 2.06. The van der Waals surface area contributed by atoms with Crippen molar-refractivity contribution in [3.63, 3.8) is 0 Å². The quantitative estimate of drug-likeness (QED) is 0.348. The lowest BCUT2D eigenvalue weighted by Crippen LogP contribution is -2.15. The molecule has 138 valence electrons. The van der Waals surface area contributed by atoms with Crippen molar-refractivity contribution in [2.75, 3.05) is 63.8 Å². The van der Waals surface area contributed by atoms with Gasteiger partial charge in [0.25, 0.3) is 0 Å². The third-order valence-corrected chi connectivity index (χ3v) is 2.91. The van der Waals surface area contributed by atoms with E-state index in [9.17, 15) is 0 Å². The largest absolute Gasteiger partial charge is 0.489 e. The van der Waals surface area contributed by atoms with E-state index in [4.69, 9.17) is 29.8 Å². The molecule has 0 fully saturated rings. The first-order valence-electron chi connectivity index (χ1n) is 8.27. The molecule has 0 saturated carbocycles. The van der Waals surface area contributed by atoms with E-state index in [1.54, 1.807) is 0 Å². The minimum absolute atomic E-state index is 0.0358. The zero-order valence-electron chi connectivity index (χ0n) is 14.6. The molecule has 0 aliphatic carbocycles. The van der Waals surface area contributed by atoms with Gasteiger partial charge >= 0.3 is 0 Å². The molecule has 0 heterocycles. The summed E-state index contributed by atoms with van der Waals surface area (Å²) in [6, 6.07) is 5.56. The normalized spacial score (nSPS) is 11.0. The van der Waals surface area contributed by atoms with Gasteiger partial charge in [0, 0.05) is 18.3 Å². The van der Waals surface area contributed by atoms with Crippen LogP contribution in [0.1, 0.15) is 13.8 Å². The summed E-state index contributed by atoms with van der Waals surface area (Å²) in [6.07, 6.45) is 0.0853. The lowest BCUT2D eigenvalue weighted by atomic mass is 10.2. The minimum Gasteiger partial charge on any atom is -0.489 e. The molecule has 0 atom stereocenters. The first-order valence-corrected chi connectivity index (χ1v) is 8.27. The number of benzene rings is 1. The molecule has 0 aliphatic rings. The van der Waals surface area contributed by atoms with Crippen molar-refractivity contribution in [3.05, 3.63) is 18.2 Å². The Morgan fingerprint density at radius 2 is 1.62 bits per heavy atom. The van der Waals surface area contributed by atoms with Crippen molar-refractivity contribution in [3.8, 4) is 5.75 Å². The van der Waals surface area contributed by atoms with Crippen LogP contribution in [0.3, 0.4) is 0 Å². The molecular formula is C17H30N2O5. The predicted molar refractivity (Wildman–Crippen MR) is 94.7 cm³/mol. The zero-order chi connectivity index (χ0) is 17.6. The van der Waals surface area contributed by atoms with E-state index in [0.29, 0.717) is 51.9 Å². The second kappa shape index (κ2) is 12.8. The SMILES string of the molecule is CC(C)Oc1cc(N)ccc1NCCOCCOCCOCCO. The Labute approximate surface area is 144 Å². The summed E-state index contributed by atoms with van der Waals surface area (Å²) in [6.45, 7) is 7.60. The Morgan fingerprint density at radius 3 is 2.25 bits per heavy atom. The van der Waals surface area contributed by atoms with Crippen LogP contribution in [0.4, 0.5) is 11.4 Å². The van der Waals surface area contributed by atoms with Crippen LogP contribution in [0.15, 0.2) is 18.2 Å². The third kappa shape index (κ3) is 9.57. The molecule has 0 aliphatic heterocycles. The Kier molecular flexibility index (Phi) is 11.0. The number of hydrogen-bond acceptors (Lipinski definition) is 7. The van der Waals surface area contributed by atoms with Crippen LogP contribution in [-0.2, 0) is 14.2 Å². The number of nitrogen functional groups attached to an aromatic ring is 1. The first-order chi connectivity index (χ1) is 11.6. The number of rotatable bonds is 14. The van der Waals surface area contributed by atoms with Crippen LogP contribution in [0.25, 0.3) is 0 Å². The molecule has 0 radical (unpaired) electrons. The van der Waals surface area contributed by atoms with Gasteiger partial charge in [0.05, 0.1) is 58.0 Å². The van der Waals surface area contributed by atoms with Gasteiger partial charge in [-0.15, -0.1) is 0 Å². The smallest absolute Gasteiger partial charge is 0.144 e. The van der Waals surface area contributed by atoms with Crippen molar-refractivity contribution in [2.45, 2.75) is 20.0 Å². The van der Waals surface area contributed by atoms with Gasteiger partial charge in [-0.05, 0) is 26.0 Å². The molecule has 0 aromatic heterocycles. The van der Waals surface area contributed by atoms with Gasteiger partial charge in [0.1, 0.15) is 5.75 Å². The van der Waals surface area contributed by atoms with E-state index in [1.807, 2.05) is 32.0 Å². The summed E-state index contributed by atoms with van der Waals surface area (Å²) in [4.78, 5) is 0. The number of ether oxygens (including phenoxy) is 4. The molecule has 1 aromatic rings. The Hall–Kier alpha value is -1.54. The topological polar surface area (TPSA) is 95.2 Å². The van der Waals surface area contributed by atoms with Gasteiger partial charge in [-0.3, -0.25) is 0 Å². The van der Waals surface area contributed by atoms with Gasteiger partial charge in [-0.25, -0.2) is 0 Å². The van der Waals surface area contributed by atoms with E-state index >= 15 is 0 Å². The van der Waals surface area contributed by atoms with Crippen molar-refractivity contribution in [1.29, 1.82) is 0 Å². The summed E-state index contributed by atoms with van der Waals surface area (Å²) < 4.78 is 21.7. The molecule has 1 rings (SSSR count). The fourth-order valence-corrected chi connectivity index (χ4v) is 1.90. The number of anilines is 2. The van der Waals surface area contributed by atoms with Crippen molar-refractivity contribution in [2.24, 2.45) is 0 Å². The number of hydrogen-bond donors (Lipinski definition) is 3.